The van der Waals surface area contributed by atoms with Crippen molar-refractivity contribution in [3.63, 3.8) is 0 Å². The average Bonchev–Trinajstić information content (AvgIpc) is 3.17. The van der Waals surface area contributed by atoms with Crippen LogP contribution in [-0.2, 0) is 11.3 Å². The summed E-state index contributed by atoms with van der Waals surface area (Å²) in [6.45, 7) is 1.19. The molecule has 0 spiro atoms. The Balaban J connectivity index is 1.74. The summed E-state index contributed by atoms with van der Waals surface area (Å²) in [5.41, 5.74) is 0.257. The molecule has 23 heavy (non-hydrogen) atoms. The number of carbonyl (C=O) groups excluding carboxylic acids is 1. The topological polar surface area (TPSA) is 69.0 Å². The lowest BCUT2D eigenvalue weighted by atomic mass is 10.0. The third kappa shape index (κ3) is 3.01. The van der Waals surface area contributed by atoms with Crippen molar-refractivity contribution in [3.05, 3.63) is 30.0 Å². The summed E-state index contributed by atoms with van der Waals surface area (Å²) in [5.74, 6) is -2.22. The number of ether oxygens (including phenoxy) is 1. The number of hydrogen-bond donors (Lipinski definition) is 1. The molecule has 0 bridgehead atoms. The van der Waals surface area contributed by atoms with E-state index in [1.54, 1.807) is 0 Å². The Morgan fingerprint density at radius 2 is 2.22 bits per heavy atom. The summed E-state index contributed by atoms with van der Waals surface area (Å²) >= 11 is 0. The fraction of sp³-hybridized carbons (Fsp3) is 0.400. The van der Waals surface area contributed by atoms with Gasteiger partial charge in [-0.2, -0.15) is 4.39 Å². The van der Waals surface area contributed by atoms with Gasteiger partial charge in [0.2, 0.25) is 11.7 Å². The molecule has 1 atom stereocenters. The van der Waals surface area contributed by atoms with E-state index < -0.39 is 11.6 Å². The van der Waals surface area contributed by atoms with Gasteiger partial charge in [0, 0.05) is 24.6 Å². The van der Waals surface area contributed by atoms with Gasteiger partial charge in [-0.05, 0) is 25.0 Å². The molecule has 1 aromatic carbocycles. The van der Waals surface area contributed by atoms with Gasteiger partial charge in [-0.1, -0.05) is 5.21 Å². The maximum Gasteiger partial charge on any atom is 0.223 e. The van der Waals surface area contributed by atoms with E-state index in [4.69, 9.17) is 4.74 Å². The summed E-state index contributed by atoms with van der Waals surface area (Å²) in [6, 6.07) is 2.74. The lowest BCUT2D eigenvalue weighted by Gasteiger charge is -2.06. The highest BCUT2D eigenvalue weighted by Gasteiger charge is 2.24. The molecule has 0 aliphatic carbocycles. The van der Waals surface area contributed by atoms with Crippen LogP contribution in [0, 0.1) is 17.6 Å². The highest BCUT2D eigenvalue weighted by Crippen LogP contribution is 2.28. The highest BCUT2D eigenvalue weighted by molar-refractivity contribution is 5.80. The van der Waals surface area contributed by atoms with Crippen molar-refractivity contribution in [3.8, 4) is 17.0 Å². The first kappa shape index (κ1) is 15.4. The normalized spacial score (nSPS) is 17.3. The molecular weight excluding hydrogens is 306 g/mol. The number of carbonyl (C=O) groups is 1. The molecule has 2 aromatic rings. The third-order valence-electron chi connectivity index (χ3n) is 3.95. The minimum absolute atomic E-state index is 0.0214. The van der Waals surface area contributed by atoms with Crippen LogP contribution in [0.4, 0.5) is 8.78 Å². The first-order valence-corrected chi connectivity index (χ1v) is 7.30. The van der Waals surface area contributed by atoms with Crippen LogP contribution < -0.4 is 10.1 Å². The smallest absolute Gasteiger partial charge is 0.223 e. The van der Waals surface area contributed by atoms with E-state index in [0.29, 0.717) is 19.5 Å². The van der Waals surface area contributed by atoms with Crippen LogP contribution in [0.5, 0.6) is 5.75 Å². The molecule has 1 fully saturated rings. The van der Waals surface area contributed by atoms with Gasteiger partial charge in [0.1, 0.15) is 5.69 Å². The first-order chi connectivity index (χ1) is 11.1. The van der Waals surface area contributed by atoms with Crippen LogP contribution in [0.3, 0.4) is 0 Å². The number of nitrogens with zero attached hydrogens (tertiary/aromatic N) is 3. The second-order valence-electron chi connectivity index (χ2n) is 5.38. The number of benzene rings is 1. The van der Waals surface area contributed by atoms with Crippen LogP contribution in [-0.4, -0.2) is 34.6 Å². The van der Waals surface area contributed by atoms with Gasteiger partial charge in [0.25, 0.3) is 0 Å². The zero-order valence-corrected chi connectivity index (χ0v) is 12.6. The van der Waals surface area contributed by atoms with Crippen LogP contribution >= 0.6 is 0 Å². The molecule has 1 unspecified atom stereocenters. The third-order valence-corrected chi connectivity index (χ3v) is 3.95. The Labute approximate surface area is 131 Å². The Hall–Kier alpha value is -2.51. The molecule has 3 rings (SSSR count). The van der Waals surface area contributed by atoms with Crippen molar-refractivity contribution in [2.75, 3.05) is 13.7 Å². The number of aromatic nitrogens is 3. The fourth-order valence-corrected chi connectivity index (χ4v) is 2.63. The summed E-state index contributed by atoms with van der Waals surface area (Å²) in [5, 5.41) is 10.6. The highest BCUT2D eigenvalue weighted by atomic mass is 19.2. The van der Waals surface area contributed by atoms with E-state index in [2.05, 4.69) is 15.6 Å². The second-order valence-corrected chi connectivity index (χ2v) is 5.38. The molecule has 122 valence electrons. The molecule has 1 N–H and O–H groups in total. The number of halogens is 2. The van der Waals surface area contributed by atoms with E-state index in [0.717, 1.165) is 6.42 Å². The predicted octanol–water partition coefficient (Wildman–Crippen LogP) is 1.76. The van der Waals surface area contributed by atoms with Crippen molar-refractivity contribution in [2.24, 2.45) is 5.92 Å². The molecule has 1 aliphatic rings. The van der Waals surface area contributed by atoms with Crippen LogP contribution in [0.25, 0.3) is 11.3 Å². The molecule has 1 saturated heterocycles. The number of hydrogen-bond acceptors (Lipinski definition) is 4. The van der Waals surface area contributed by atoms with Crippen LogP contribution in [0.1, 0.15) is 12.8 Å². The van der Waals surface area contributed by atoms with Gasteiger partial charge in [0.05, 0.1) is 13.3 Å². The van der Waals surface area contributed by atoms with E-state index in [9.17, 15) is 13.6 Å². The van der Waals surface area contributed by atoms with Crippen molar-refractivity contribution in [1.29, 1.82) is 0 Å². The van der Waals surface area contributed by atoms with Crippen molar-refractivity contribution in [1.82, 2.24) is 20.3 Å². The molecule has 0 saturated carbocycles. The van der Waals surface area contributed by atoms with Crippen LogP contribution in [0.2, 0.25) is 0 Å². The van der Waals surface area contributed by atoms with E-state index in [-0.39, 0.29) is 28.8 Å². The number of nitrogens with one attached hydrogen (secondary N) is 1. The summed E-state index contributed by atoms with van der Waals surface area (Å²) < 4.78 is 34.1. The number of aryl methyl sites for hydroxylation is 1. The molecular formula is C15H16F2N4O2. The summed E-state index contributed by atoms with van der Waals surface area (Å²) in [6.07, 6.45) is 2.98. The first-order valence-electron chi connectivity index (χ1n) is 7.30. The zero-order valence-electron chi connectivity index (χ0n) is 12.6. The van der Waals surface area contributed by atoms with E-state index >= 15 is 0 Å². The molecule has 1 aromatic heterocycles. The largest absolute Gasteiger partial charge is 0.494 e. The lowest BCUT2D eigenvalue weighted by Crippen LogP contribution is -2.20. The SMILES string of the molecule is COc1ccc(-c2cn(CCC3CCNC3=O)nn2)c(F)c1F. The van der Waals surface area contributed by atoms with Gasteiger partial charge < -0.3 is 10.1 Å². The lowest BCUT2D eigenvalue weighted by molar-refractivity contribution is -0.122. The summed E-state index contributed by atoms with van der Waals surface area (Å²) in [4.78, 5) is 11.5. The number of amides is 1. The van der Waals surface area contributed by atoms with Gasteiger partial charge >= 0.3 is 0 Å². The maximum atomic E-state index is 14.0. The van der Waals surface area contributed by atoms with Gasteiger partial charge in [0.15, 0.2) is 11.6 Å². The van der Waals surface area contributed by atoms with Gasteiger partial charge in [-0.25, -0.2) is 4.39 Å². The van der Waals surface area contributed by atoms with Crippen LogP contribution in [0.15, 0.2) is 18.3 Å². The predicted molar refractivity (Wildman–Crippen MR) is 77.7 cm³/mol. The number of rotatable bonds is 5. The molecule has 2 heterocycles. The molecule has 1 aliphatic heterocycles. The monoisotopic (exact) mass is 322 g/mol. The standard InChI is InChI=1S/C15H16F2N4O2/c1-23-12-3-2-10(13(16)14(12)17)11-8-21(20-19-11)7-5-9-4-6-18-15(9)22/h2-3,8-9H,4-7H2,1H3,(H,18,22). The minimum Gasteiger partial charge on any atom is -0.494 e. The van der Waals surface area contributed by atoms with E-state index in [1.165, 1.54) is 30.1 Å². The quantitative estimate of drug-likeness (QED) is 0.911. The van der Waals surface area contributed by atoms with Crippen molar-refractivity contribution < 1.29 is 18.3 Å². The number of methoxy groups -OCH3 is 1. The van der Waals surface area contributed by atoms with Crippen molar-refractivity contribution in [2.45, 2.75) is 19.4 Å². The Kier molecular flexibility index (Phi) is 4.22. The Bertz CT molecular complexity index is 732. The van der Waals surface area contributed by atoms with Gasteiger partial charge in [-0.15, -0.1) is 5.10 Å². The second kappa shape index (κ2) is 6.31. The Morgan fingerprint density at radius 3 is 2.91 bits per heavy atom. The fourth-order valence-electron chi connectivity index (χ4n) is 2.63. The zero-order chi connectivity index (χ0) is 16.4. The van der Waals surface area contributed by atoms with Crippen molar-refractivity contribution >= 4 is 5.91 Å². The minimum atomic E-state index is -1.05. The molecule has 0 radical (unpaired) electrons. The summed E-state index contributed by atoms with van der Waals surface area (Å²) in [7, 11) is 1.27. The average molecular weight is 322 g/mol. The maximum absolute atomic E-state index is 14.0. The van der Waals surface area contributed by atoms with Gasteiger partial charge in [-0.3, -0.25) is 9.48 Å². The molecule has 6 nitrogen and oxygen atoms in total. The molecule has 1 amide bonds. The Morgan fingerprint density at radius 1 is 1.39 bits per heavy atom. The molecule has 8 heteroatoms. The van der Waals surface area contributed by atoms with E-state index in [1.807, 2.05) is 0 Å².